The van der Waals surface area contributed by atoms with Crippen LogP contribution in [0.3, 0.4) is 0 Å². The summed E-state index contributed by atoms with van der Waals surface area (Å²) in [4.78, 5) is 20.0. The minimum Gasteiger partial charge on any atom is -0.504 e. The van der Waals surface area contributed by atoms with Gasteiger partial charge in [0.25, 0.3) is 0 Å². The molecule has 0 radical (unpaired) electrons. The van der Waals surface area contributed by atoms with E-state index in [2.05, 4.69) is 36.1 Å². The van der Waals surface area contributed by atoms with Crippen molar-refractivity contribution in [3.63, 3.8) is 0 Å². The van der Waals surface area contributed by atoms with Gasteiger partial charge in [0.15, 0.2) is 0 Å². The average Bonchev–Trinajstić information content (AvgIpc) is 3.09. The lowest BCUT2D eigenvalue weighted by atomic mass is 9.71. The highest BCUT2D eigenvalue weighted by Gasteiger charge is 2.46. The van der Waals surface area contributed by atoms with Gasteiger partial charge in [-0.15, -0.1) is 0 Å². The molecular weight excluding hydrogens is 340 g/mol. The van der Waals surface area contributed by atoms with E-state index in [1.54, 1.807) is 13.4 Å². The number of para-hydroxylation sites is 1. The van der Waals surface area contributed by atoms with Crippen LogP contribution in [-0.4, -0.2) is 49.9 Å². The smallest absolute Gasteiger partial charge is 0.337 e. The predicted molar refractivity (Wildman–Crippen MR) is 105 cm³/mol. The lowest BCUT2D eigenvalue weighted by molar-refractivity contribution is -0.137. The van der Waals surface area contributed by atoms with E-state index in [4.69, 9.17) is 14.5 Å². The number of hydrogen-bond donors (Lipinski definition) is 0. The molecule has 0 bridgehead atoms. The molecule has 144 valence electrons. The highest BCUT2D eigenvalue weighted by Crippen LogP contribution is 2.46. The summed E-state index contributed by atoms with van der Waals surface area (Å²) in [5, 5.41) is 0. The summed E-state index contributed by atoms with van der Waals surface area (Å²) >= 11 is 0. The Balaban J connectivity index is 1.66. The first-order valence-corrected chi connectivity index (χ1v) is 9.90. The van der Waals surface area contributed by atoms with Gasteiger partial charge >= 0.3 is 5.97 Å². The maximum absolute atomic E-state index is 12.4. The van der Waals surface area contributed by atoms with E-state index in [1.807, 2.05) is 0 Å². The lowest BCUT2D eigenvalue weighted by Gasteiger charge is -2.48. The number of rotatable bonds is 4. The Morgan fingerprint density at radius 3 is 2.89 bits per heavy atom. The number of ether oxygens (including phenoxy) is 2. The molecule has 5 nitrogen and oxygen atoms in total. The summed E-state index contributed by atoms with van der Waals surface area (Å²) in [5.41, 5.74) is 4.42. The van der Waals surface area contributed by atoms with Gasteiger partial charge in [-0.1, -0.05) is 31.5 Å². The number of methoxy groups -OCH3 is 2. The first kappa shape index (κ1) is 18.2. The van der Waals surface area contributed by atoms with Crippen molar-refractivity contribution >= 4 is 17.4 Å². The minimum atomic E-state index is -0.280. The van der Waals surface area contributed by atoms with Gasteiger partial charge in [0.2, 0.25) is 0 Å². The van der Waals surface area contributed by atoms with Gasteiger partial charge in [0, 0.05) is 24.2 Å². The van der Waals surface area contributed by atoms with E-state index in [-0.39, 0.29) is 17.9 Å². The number of fused-ring (bicyclic) bond motifs is 5. The molecule has 4 atom stereocenters. The molecule has 0 N–H and O–H groups in total. The molecule has 3 aliphatic heterocycles. The number of nitrogens with zero attached hydrogens (tertiary/aromatic N) is 2. The highest BCUT2D eigenvalue weighted by molar-refractivity contribution is 6.02. The molecule has 1 aromatic rings. The third-order valence-corrected chi connectivity index (χ3v) is 6.51. The van der Waals surface area contributed by atoms with Gasteiger partial charge < -0.3 is 9.47 Å². The minimum absolute atomic E-state index is 0.133. The summed E-state index contributed by atoms with van der Waals surface area (Å²) < 4.78 is 10.3. The topological polar surface area (TPSA) is 51.1 Å². The fourth-order valence-corrected chi connectivity index (χ4v) is 5.18. The monoisotopic (exact) mass is 368 g/mol. The van der Waals surface area contributed by atoms with Crippen molar-refractivity contribution < 1.29 is 14.3 Å². The Morgan fingerprint density at radius 2 is 2.15 bits per heavy atom. The molecular formula is C22H28N2O3. The van der Waals surface area contributed by atoms with E-state index in [9.17, 15) is 4.79 Å². The van der Waals surface area contributed by atoms with Gasteiger partial charge in [-0.25, -0.2) is 4.79 Å². The summed E-state index contributed by atoms with van der Waals surface area (Å²) in [6.45, 7) is 4.29. The third kappa shape index (κ3) is 3.08. The van der Waals surface area contributed by atoms with Gasteiger partial charge in [0.1, 0.15) is 0 Å². The zero-order valence-electron chi connectivity index (χ0n) is 16.4. The number of piperidine rings is 2. The van der Waals surface area contributed by atoms with E-state index < -0.39 is 0 Å². The van der Waals surface area contributed by atoms with Crippen LogP contribution in [0.25, 0.3) is 0 Å². The summed E-state index contributed by atoms with van der Waals surface area (Å²) in [6, 6.07) is 8.79. The highest BCUT2D eigenvalue weighted by atomic mass is 16.5. The predicted octanol–water partition coefficient (Wildman–Crippen LogP) is 3.68. The molecule has 3 heterocycles. The van der Waals surface area contributed by atoms with Crippen LogP contribution in [0.1, 0.15) is 37.7 Å². The molecule has 4 rings (SSSR count). The first-order valence-electron chi connectivity index (χ1n) is 9.90. The number of aliphatic imine (C=N–C) groups is 1. The second-order valence-electron chi connectivity index (χ2n) is 7.76. The van der Waals surface area contributed by atoms with Crippen LogP contribution in [0.4, 0.5) is 5.69 Å². The van der Waals surface area contributed by atoms with Crippen molar-refractivity contribution in [2.24, 2.45) is 16.8 Å². The Morgan fingerprint density at radius 1 is 1.33 bits per heavy atom. The Bertz CT molecular complexity index is 786. The largest absolute Gasteiger partial charge is 0.504 e. The molecule has 2 fully saturated rings. The molecule has 0 spiro atoms. The molecule has 1 aromatic carbocycles. The molecule has 3 aliphatic rings. The lowest BCUT2D eigenvalue weighted by Crippen LogP contribution is -2.55. The number of carbonyl (C=O) groups excluding carboxylic acids is 1. The van der Waals surface area contributed by atoms with Crippen LogP contribution in [0.5, 0.6) is 0 Å². The quantitative estimate of drug-likeness (QED) is 0.462. The molecule has 2 saturated heterocycles. The molecule has 27 heavy (non-hydrogen) atoms. The second-order valence-corrected chi connectivity index (χ2v) is 7.76. The average molecular weight is 368 g/mol. The number of hydrogen-bond acceptors (Lipinski definition) is 5. The first-order chi connectivity index (χ1) is 13.2. The molecule has 5 heteroatoms. The third-order valence-electron chi connectivity index (χ3n) is 6.51. The van der Waals surface area contributed by atoms with Crippen LogP contribution in [-0.2, 0) is 14.3 Å². The molecule has 0 aliphatic carbocycles. The fraction of sp³-hybridized carbons (Fsp3) is 0.545. The summed E-state index contributed by atoms with van der Waals surface area (Å²) in [5.74, 6) is 0.698. The van der Waals surface area contributed by atoms with Crippen molar-refractivity contribution in [1.29, 1.82) is 0 Å². The maximum Gasteiger partial charge on any atom is 0.337 e. The van der Waals surface area contributed by atoms with Crippen LogP contribution in [0.15, 0.2) is 41.1 Å². The van der Waals surface area contributed by atoms with Crippen molar-refractivity contribution in [3.8, 4) is 0 Å². The van der Waals surface area contributed by atoms with E-state index in [0.717, 1.165) is 38.0 Å². The zero-order valence-corrected chi connectivity index (χ0v) is 16.4. The Kier molecular flexibility index (Phi) is 5.04. The molecule has 4 unspecified atom stereocenters. The Labute approximate surface area is 161 Å². The van der Waals surface area contributed by atoms with Crippen molar-refractivity contribution in [2.45, 2.75) is 38.1 Å². The number of carbonyl (C=O) groups is 1. The van der Waals surface area contributed by atoms with Gasteiger partial charge in [-0.2, -0.15) is 0 Å². The van der Waals surface area contributed by atoms with Crippen molar-refractivity contribution in [2.75, 3.05) is 27.3 Å². The SMILES string of the molecule is CCC1CN2CCC3C(=Nc4ccccc43)C2CC1/C(=C\OC)C(=O)OC. The van der Waals surface area contributed by atoms with Crippen LogP contribution < -0.4 is 0 Å². The van der Waals surface area contributed by atoms with Gasteiger partial charge in [0.05, 0.1) is 31.7 Å². The Hall–Kier alpha value is -2.14. The van der Waals surface area contributed by atoms with Crippen molar-refractivity contribution in [3.05, 3.63) is 41.7 Å². The van der Waals surface area contributed by atoms with Gasteiger partial charge in [-0.3, -0.25) is 9.89 Å². The van der Waals surface area contributed by atoms with Crippen molar-refractivity contribution in [1.82, 2.24) is 4.90 Å². The normalized spacial score (nSPS) is 30.0. The molecule has 0 aromatic heterocycles. The molecule has 0 amide bonds. The van der Waals surface area contributed by atoms with E-state index in [1.165, 1.54) is 18.4 Å². The van der Waals surface area contributed by atoms with Crippen LogP contribution in [0, 0.1) is 11.8 Å². The zero-order chi connectivity index (χ0) is 19.0. The molecule has 0 saturated carbocycles. The van der Waals surface area contributed by atoms with Crippen LogP contribution >= 0.6 is 0 Å². The van der Waals surface area contributed by atoms with Gasteiger partial charge in [-0.05, 0) is 42.9 Å². The van der Waals surface area contributed by atoms with Crippen LogP contribution in [0.2, 0.25) is 0 Å². The summed E-state index contributed by atoms with van der Waals surface area (Å²) in [6.07, 6.45) is 4.64. The maximum atomic E-state index is 12.4. The number of esters is 1. The van der Waals surface area contributed by atoms with E-state index >= 15 is 0 Å². The summed E-state index contributed by atoms with van der Waals surface area (Å²) in [7, 11) is 3.03. The standard InChI is InChI=1S/C22H28N2O3/c1-4-14-12-24-10-9-16-15-7-5-6-8-19(15)23-21(16)20(24)11-17(14)18(13-26-2)22(25)27-3/h5-8,13-14,16-17,20H,4,9-12H2,1-3H3/b18-13+. The van der Waals surface area contributed by atoms with E-state index in [0.29, 0.717) is 17.4 Å². The number of benzene rings is 1. The second kappa shape index (κ2) is 7.47. The fourth-order valence-electron chi connectivity index (χ4n) is 5.18.